The highest BCUT2D eigenvalue weighted by atomic mass is 19.1. The summed E-state index contributed by atoms with van der Waals surface area (Å²) in [4.78, 5) is 8.34. The second-order valence-electron chi connectivity index (χ2n) is 5.36. The molecule has 0 saturated heterocycles. The SMILES string of the molecule is C=c1c(-c2ccncc2)n[nH]/c1=C/N=C(\C)c1c(F)cccc1OC. The molecule has 126 valence electrons. The van der Waals surface area contributed by atoms with Crippen molar-refractivity contribution >= 4 is 18.5 Å². The van der Waals surface area contributed by atoms with Crippen LogP contribution in [0.1, 0.15) is 12.5 Å². The van der Waals surface area contributed by atoms with Gasteiger partial charge in [-0.3, -0.25) is 15.1 Å². The molecule has 0 spiro atoms. The fraction of sp³-hybridized carbons (Fsp3) is 0.105. The number of benzene rings is 1. The van der Waals surface area contributed by atoms with Crippen molar-refractivity contribution in [2.45, 2.75) is 6.92 Å². The van der Waals surface area contributed by atoms with Crippen LogP contribution in [0.25, 0.3) is 24.0 Å². The van der Waals surface area contributed by atoms with Gasteiger partial charge < -0.3 is 4.74 Å². The summed E-state index contributed by atoms with van der Waals surface area (Å²) in [6, 6.07) is 8.38. The first-order valence-electron chi connectivity index (χ1n) is 7.63. The highest BCUT2D eigenvalue weighted by molar-refractivity contribution is 6.02. The smallest absolute Gasteiger partial charge is 0.135 e. The maximum absolute atomic E-state index is 14.1. The van der Waals surface area contributed by atoms with Gasteiger partial charge in [0.15, 0.2) is 0 Å². The lowest BCUT2D eigenvalue weighted by Gasteiger charge is -2.08. The summed E-state index contributed by atoms with van der Waals surface area (Å²) < 4.78 is 19.3. The summed E-state index contributed by atoms with van der Waals surface area (Å²) in [5, 5.41) is 8.54. The second kappa shape index (κ2) is 7.09. The Balaban J connectivity index is 2.02. The van der Waals surface area contributed by atoms with Crippen LogP contribution in [0.2, 0.25) is 0 Å². The molecule has 1 aromatic carbocycles. The number of nitrogens with zero attached hydrogens (tertiary/aromatic N) is 3. The number of aliphatic imine (C=N–C) groups is 1. The molecule has 2 heterocycles. The van der Waals surface area contributed by atoms with Crippen molar-refractivity contribution in [2.24, 2.45) is 4.99 Å². The number of pyridine rings is 1. The first kappa shape index (κ1) is 16.6. The van der Waals surface area contributed by atoms with E-state index < -0.39 is 0 Å². The molecular formula is C19H17FN4O. The summed E-state index contributed by atoms with van der Waals surface area (Å²) in [6.45, 7) is 5.77. The number of aromatic nitrogens is 3. The van der Waals surface area contributed by atoms with Gasteiger partial charge in [0.2, 0.25) is 0 Å². The highest BCUT2D eigenvalue weighted by Gasteiger charge is 2.11. The van der Waals surface area contributed by atoms with Gasteiger partial charge in [0.05, 0.1) is 35.6 Å². The minimum absolute atomic E-state index is 0.334. The third kappa shape index (κ3) is 3.33. The lowest BCUT2D eigenvalue weighted by atomic mass is 10.1. The van der Waals surface area contributed by atoms with Gasteiger partial charge in [-0.2, -0.15) is 5.10 Å². The van der Waals surface area contributed by atoms with Crippen molar-refractivity contribution in [1.82, 2.24) is 15.2 Å². The van der Waals surface area contributed by atoms with Gasteiger partial charge in [0.1, 0.15) is 11.6 Å². The molecule has 3 rings (SSSR count). The minimum Gasteiger partial charge on any atom is -0.496 e. The molecular weight excluding hydrogens is 319 g/mol. The van der Waals surface area contributed by atoms with Gasteiger partial charge in [0.25, 0.3) is 0 Å². The quantitative estimate of drug-likeness (QED) is 0.744. The summed E-state index contributed by atoms with van der Waals surface area (Å²) in [5.74, 6) is 0.0533. The predicted molar refractivity (Wildman–Crippen MR) is 96.2 cm³/mol. The molecule has 0 aliphatic rings. The van der Waals surface area contributed by atoms with Gasteiger partial charge in [-0.25, -0.2) is 4.39 Å². The van der Waals surface area contributed by atoms with E-state index in [-0.39, 0.29) is 5.82 Å². The number of H-pyrrole nitrogens is 1. The van der Waals surface area contributed by atoms with E-state index in [0.29, 0.717) is 27.6 Å². The van der Waals surface area contributed by atoms with Gasteiger partial charge in [-0.1, -0.05) is 12.6 Å². The van der Waals surface area contributed by atoms with E-state index >= 15 is 0 Å². The number of rotatable bonds is 4. The number of halogens is 1. The number of methoxy groups -OCH3 is 1. The molecule has 2 aromatic heterocycles. The minimum atomic E-state index is -0.383. The fourth-order valence-corrected chi connectivity index (χ4v) is 2.49. The Morgan fingerprint density at radius 2 is 2.04 bits per heavy atom. The Hall–Kier alpha value is -3.28. The largest absolute Gasteiger partial charge is 0.496 e. The number of ether oxygens (including phenoxy) is 1. The number of hydrogen-bond donors (Lipinski definition) is 1. The summed E-state index contributed by atoms with van der Waals surface area (Å²) in [6.07, 6.45) is 4.97. The molecule has 0 bridgehead atoms. The summed E-state index contributed by atoms with van der Waals surface area (Å²) in [5.41, 5.74) is 2.47. The Kier molecular flexibility index (Phi) is 4.70. The molecule has 0 aliphatic carbocycles. The fourth-order valence-electron chi connectivity index (χ4n) is 2.49. The van der Waals surface area contributed by atoms with E-state index in [9.17, 15) is 4.39 Å². The van der Waals surface area contributed by atoms with Crippen LogP contribution in [0.5, 0.6) is 5.75 Å². The van der Waals surface area contributed by atoms with Crippen LogP contribution in [0.3, 0.4) is 0 Å². The van der Waals surface area contributed by atoms with Crippen LogP contribution in [-0.2, 0) is 0 Å². The van der Waals surface area contributed by atoms with Crippen molar-refractivity contribution in [3.8, 4) is 17.0 Å². The molecule has 25 heavy (non-hydrogen) atoms. The molecule has 3 aromatic rings. The van der Waals surface area contributed by atoms with Crippen LogP contribution in [0.15, 0.2) is 47.7 Å². The zero-order valence-electron chi connectivity index (χ0n) is 14.0. The van der Waals surface area contributed by atoms with Gasteiger partial charge in [0, 0.05) is 23.2 Å². The Labute approximate surface area is 144 Å². The van der Waals surface area contributed by atoms with Crippen molar-refractivity contribution in [1.29, 1.82) is 0 Å². The Bertz CT molecular complexity index is 1030. The van der Waals surface area contributed by atoms with E-state index in [0.717, 1.165) is 11.3 Å². The molecule has 6 heteroatoms. The van der Waals surface area contributed by atoms with Crippen LogP contribution in [0.4, 0.5) is 4.39 Å². The normalized spacial score (nSPS) is 12.4. The zero-order chi connectivity index (χ0) is 17.8. The standard InChI is InChI=1S/C19H17FN4O/c1-12-16(23-24-19(12)14-7-9-21-10-8-14)11-22-13(2)18-15(20)5-4-6-17(18)25-3/h4-11,23H,1H2,2-3H3/b16-11+,22-13+. The van der Waals surface area contributed by atoms with E-state index in [2.05, 4.69) is 26.8 Å². The van der Waals surface area contributed by atoms with Crippen LogP contribution in [0, 0.1) is 5.82 Å². The number of hydrogen-bond acceptors (Lipinski definition) is 4. The highest BCUT2D eigenvalue weighted by Crippen LogP contribution is 2.22. The van der Waals surface area contributed by atoms with Crippen molar-refractivity contribution < 1.29 is 9.13 Å². The van der Waals surface area contributed by atoms with Gasteiger partial charge in [-0.15, -0.1) is 0 Å². The van der Waals surface area contributed by atoms with E-state index in [1.807, 2.05) is 12.1 Å². The maximum atomic E-state index is 14.1. The predicted octanol–water partition coefficient (Wildman–Crippen LogP) is 2.28. The Morgan fingerprint density at radius 1 is 1.28 bits per heavy atom. The average Bonchev–Trinajstić information content (AvgIpc) is 3.00. The van der Waals surface area contributed by atoms with E-state index in [1.165, 1.54) is 13.2 Å². The van der Waals surface area contributed by atoms with Gasteiger partial charge >= 0.3 is 0 Å². The number of aromatic amines is 1. The molecule has 0 radical (unpaired) electrons. The van der Waals surface area contributed by atoms with Crippen molar-refractivity contribution in [3.05, 3.63) is 64.7 Å². The molecule has 0 aliphatic heterocycles. The number of nitrogens with one attached hydrogen (secondary N) is 1. The second-order valence-corrected chi connectivity index (χ2v) is 5.36. The third-order valence-corrected chi connectivity index (χ3v) is 3.80. The molecule has 1 N–H and O–H groups in total. The molecule has 0 unspecified atom stereocenters. The van der Waals surface area contributed by atoms with Crippen molar-refractivity contribution in [2.75, 3.05) is 7.11 Å². The zero-order valence-corrected chi connectivity index (χ0v) is 14.0. The van der Waals surface area contributed by atoms with Crippen LogP contribution in [-0.4, -0.2) is 28.0 Å². The van der Waals surface area contributed by atoms with E-state index in [4.69, 9.17) is 4.74 Å². The summed E-state index contributed by atoms with van der Waals surface area (Å²) in [7, 11) is 1.50. The van der Waals surface area contributed by atoms with Gasteiger partial charge in [-0.05, 0) is 31.2 Å². The monoisotopic (exact) mass is 336 g/mol. The summed E-state index contributed by atoms with van der Waals surface area (Å²) >= 11 is 0. The topological polar surface area (TPSA) is 63.2 Å². The molecule has 0 saturated carbocycles. The average molecular weight is 336 g/mol. The Morgan fingerprint density at radius 3 is 2.76 bits per heavy atom. The molecule has 0 fully saturated rings. The maximum Gasteiger partial charge on any atom is 0.135 e. The lowest BCUT2D eigenvalue weighted by Crippen LogP contribution is -2.21. The third-order valence-electron chi connectivity index (χ3n) is 3.80. The first-order valence-corrected chi connectivity index (χ1v) is 7.63. The van der Waals surface area contributed by atoms with Crippen LogP contribution >= 0.6 is 0 Å². The molecule has 5 nitrogen and oxygen atoms in total. The first-order chi connectivity index (χ1) is 12.1. The van der Waals surface area contributed by atoms with Crippen LogP contribution < -0.4 is 15.3 Å². The molecule has 0 amide bonds. The van der Waals surface area contributed by atoms with Crippen molar-refractivity contribution in [3.63, 3.8) is 0 Å². The molecule has 0 atom stereocenters. The lowest BCUT2D eigenvalue weighted by molar-refractivity contribution is 0.410. The van der Waals surface area contributed by atoms with E-state index in [1.54, 1.807) is 37.7 Å².